The van der Waals surface area contributed by atoms with E-state index in [1.165, 1.54) is 13.2 Å². The average molecular weight is 294 g/mol. The molecule has 0 atom stereocenters. The Balaban J connectivity index is 3.06. The van der Waals surface area contributed by atoms with E-state index in [0.29, 0.717) is 17.1 Å². The minimum Gasteiger partial charge on any atom is -0.507 e. The van der Waals surface area contributed by atoms with Crippen LogP contribution in [0.15, 0.2) is 24.3 Å². The summed E-state index contributed by atoms with van der Waals surface area (Å²) in [7, 11) is 2.55. The first-order chi connectivity index (χ1) is 9.88. The quantitative estimate of drug-likeness (QED) is 0.374. The first kappa shape index (κ1) is 16.6. The minimum atomic E-state index is -1.05. The van der Waals surface area contributed by atoms with Crippen LogP contribution in [0.5, 0.6) is 11.5 Å². The Labute approximate surface area is 122 Å². The third-order valence-electron chi connectivity index (χ3n) is 2.48. The lowest BCUT2D eigenvalue weighted by molar-refractivity contribution is -0.149. The van der Waals surface area contributed by atoms with Gasteiger partial charge in [-0.2, -0.15) is 0 Å². The van der Waals surface area contributed by atoms with Gasteiger partial charge in [-0.15, -0.1) is 0 Å². The largest absolute Gasteiger partial charge is 0.507 e. The summed E-state index contributed by atoms with van der Waals surface area (Å²) in [5.74, 6) is -1.43. The molecular formula is C15H18O6. The van der Waals surface area contributed by atoms with E-state index in [9.17, 15) is 14.7 Å². The van der Waals surface area contributed by atoms with Gasteiger partial charge in [-0.25, -0.2) is 4.79 Å². The van der Waals surface area contributed by atoms with Crippen LogP contribution < -0.4 is 9.47 Å². The molecule has 1 rings (SSSR count). The predicted molar refractivity (Wildman–Crippen MR) is 76.4 cm³/mol. The van der Waals surface area contributed by atoms with Gasteiger partial charge in [-0.3, -0.25) is 4.79 Å². The molecule has 0 aliphatic heterocycles. The van der Waals surface area contributed by atoms with Gasteiger partial charge >= 0.3 is 5.97 Å². The highest BCUT2D eigenvalue weighted by Gasteiger charge is 2.14. The lowest BCUT2D eigenvalue weighted by atomic mass is 10.1. The monoisotopic (exact) mass is 294 g/mol. The summed E-state index contributed by atoms with van der Waals surface area (Å²) in [6, 6.07) is 4.67. The number of aliphatic hydroxyl groups excluding tert-OH is 1. The zero-order valence-corrected chi connectivity index (χ0v) is 12.4. The van der Waals surface area contributed by atoms with Crippen LogP contribution in [-0.4, -0.2) is 37.2 Å². The van der Waals surface area contributed by atoms with Crippen LogP contribution in [0.2, 0.25) is 0 Å². The molecule has 0 spiro atoms. The molecule has 0 aromatic heterocycles. The fraction of sp³-hybridized carbons (Fsp3) is 0.333. The number of ketones is 1. The number of benzene rings is 1. The predicted octanol–water partition coefficient (Wildman–Crippen LogP) is 2.12. The molecule has 6 heteroatoms. The number of aliphatic hydroxyl groups is 1. The SMILES string of the molecule is COC(=O)C(=O)/C=C(\O)c1ccc(OC(C)C)c(OC)c1. The maximum Gasteiger partial charge on any atom is 0.378 e. The zero-order valence-electron chi connectivity index (χ0n) is 12.4. The van der Waals surface area contributed by atoms with E-state index < -0.39 is 11.8 Å². The Morgan fingerprint density at radius 2 is 1.86 bits per heavy atom. The molecule has 0 aliphatic carbocycles. The van der Waals surface area contributed by atoms with Crippen LogP contribution in [0.3, 0.4) is 0 Å². The van der Waals surface area contributed by atoms with Crippen molar-refractivity contribution < 1.29 is 28.9 Å². The lowest BCUT2D eigenvalue weighted by Gasteiger charge is -2.14. The first-order valence-electron chi connectivity index (χ1n) is 6.27. The Kier molecular flexibility index (Phi) is 5.78. The van der Waals surface area contributed by atoms with Gasteiger partial charge in [0.05, 0.1) is 20.3 Å². The maximum atomic E-state index is 11.4. The minimum absolute atomic E-state index is 0.0326. The first-order valence-corrected chi connectivity index (χ1v) is 6.27. The Morgan fingerprint density at radius 1 is 1.19 bits per heavy atom. The van der Waals surface area contributed by atoms with Gasteiger partial charge in [-0.05, 0) is 32.0 Å². The van der Waals surface area contributed by atoms with Gasteiger partial charge in [0.25, 0.3) is 5.78 Å². The number of methoxy groups -OCH3 is 2. The molecule has 6 nitrogen and oxygen atoms in total. The smallest absolute Gasteiger partial charge is 0.378 e. The fourth-order valence-corrected chi connectivity index (χ4v) is 1.55. The van der Waals surface area contributed by atoms with Crippen molar-refractivity contribution in [2.24, 2.45) is 0 Å². The molecule has 1 aromatic rings. The van der Waals surface area contributed by atoms with E-state index >= 15 is 0 Å². The zero-order chi connectivity index (χ0) is 16.0. The van der Waals surface area contributed by atoms with Gasteiger partial charge in [0, 0.05) is 11.6 Å². The molecule has 21 heavy (non-hydrogen) atoms. The van der Waals surface area contributed by atoms with Gasteiger partial charge < -0.3 is 19.3 Å². The molecular weight excluding hydrogens is 276 g/mol. The van der Waals surface area contributed by atoms with Crippen molar-refractivity contribution in [2.75, 3.05) is 14.2 Å². The van der Waals surface area contributed by atoms with Gasteiger partial charge in [0.2, 0.25) is 0 Å². The second kappa shape index (κ2) is 7.33. The maximum absolute atomic E-state index is 11.4. The summed E-state index contributed by atoms with van der Waals surface area (Å²) >= 11 is 0. The highest BCUT2D eigenvalue weighted by Crippen LogP contribution is 2.30. The van der Waals surface area contributed by atoms with Crippen molar-refractivity contribution in [3.8, 4) is 11.5 Å². The Morgan fingerprint density at radius 3 is 2.38 bits per heavy atom. The molecule has 0 saturated heterocycles. The van der Waals surface area contributed by atoms with Crippen molar-refractivity contribution in [3.05, 3.63) is 29.8 Å². The molecule has 0 radical (unpaired) electrons. The fourth-order valence-electron chi connectivity index (χ4n) is 1.55. The van der Waals surface area contributed by atoms with Crippen molar-refractivity contribution in [1.82, 2.24) is 0 Å². The highest BCUT2D eigenvalue weighted by atomic mass is 16.5. The van der Waals surface area contributed by atoms with Crippen LogP contribution in [0.25, 0.3) is 5.76 Å². The molecule has 0 fully saturated rings. The van der Waals surface area contributed by atoms with Crippen molar-refractivity contribution in [1.29, 1.82) is 0 Å². The second-order valence-corrected chi connectivity index (χ2v) is 4.42. The number of esters is 1. The molecule has 1 N–H and O–H groups in total. The number of carbonyl (C=O) groups is 2. The van der Waals surface area contributed by atoms with Crippen molar-refractivity contribution in [2.45, 2.75) is 20.0 Å². The number of rotatable bonds is 6. The van der Waals surface area contributed by atoms with Crippen LogP contribution in [0, 0.1) is 0 Å². The Bertz CT molecular complexity index is 559. The van der Waals surface area contributed by atoms with Crippen molar-refractivity contribution in [3.63, 3.8) is 0 Å². The van der Waals surface area contributed by atoms with Crippen LogP contribution in [0.1, 0.15) is 19.4 Å². The van der Waals surface area contributed by atoms with E-state index in [1.54, 1.807) is 12.1 Å². The topological polar surface area (TPSA) is 82.1 Å². The summed E-state index contributed by atoms with van der Waals surface area (Å²) in [4.78, 5) is 22.4. The molecule has 0 amide bonds. The number of hydrogen-bond donors (Lipinski definition) is 1. The third kappa shape index (κ3) is 4.52. The molecule has 1 aromatic carbocycles. The van der Waals surface area contributed by atoms with Crippen molar-refractivity contribution >= 4 is 17.5 Å². The number of hydrogen-bond acceptors (Lipinski definition) is 6. The van der Waals surface area contributed by atoms with E-state index in [2.05, 4.69) is 4.74 Å². The number of carbonyl (C=O) groups excluding carboxylic acids is 2. The van der Waals surface area contributed by atoms with E-state index in [-0.39, 0.29) is 11.9 Å². The molecule has 0 bridgehead atoms. The molecule has 0 unspecified atom stereocenters. The van der Waals surface area contributed by atoms with E-state index in [1.807, 2.05) is 13.8 Å². The molecule has 0 heterocycles. The third-order valence-corrected chi connectivity index (χ3v) is 2.48. The Hall–Kier alpha value is -2.50. The standard InChI is InChI=1S/C15H18O6/c1-9(2)21-13-6-5-10(7-14(13)19-3)11(16)8-12(17)15(18)20-4/h5-9,16H,1-4H3/b11-8-. The summed E-state index contributed by atoms with van der Waals surface area (Å²) in [6.45, 7) is 3.75. The summed E-state index contributed by atoms with van der Waals surface area (Å²) in [5, 5.41) is 9.86. The average Bonchev–Trinajstić information content (AvgIpc) is 2.45. The lowest BCUT2D eigenvalue weighted by Crippen LogP contribution is -2.13. The summed E-state index contributed by atoms with van der Waals surface area (Å²) in [6.07, 6.45) is 0.763. The second-order valence-electron chi connectivity index (χ2n) is 4.42. The molecule has 0 aliphatic rings. The number of ether oxygens (including phenoxy) is 3. The van der Waals surface area contributed by atoms with Crippen LogP contribution in [-0.2, 0) is 14.3 Å². The summed E-state index contributed by atoms with van der Waals surface area (Å²) < 4.78 is 15.0. The van der Waals surface area contributed by atoms with Gasteiger partial charge in [0.1, 0.15) is 5.76 Å². The molecule has 0 saturated carbocycles. The van der Waals surface area contributed by atoms with Crippen LogP contribution >= 0.6 is 0 Å². The highest BCUT2D eigenvalue weighted by molar-refractivity contribution is 6.39. The van der Waals surface area contributed by atoms with E-state index in [4.69, 9.17) is 9.47 Å². The summed E-state index contributed by atoms with van der Waals surface area (Å²) in [5.41, 5.74) is 0.320. The van der Waals surface area contributed by atoms with Crippen LogP contribution in [0.4, 0.5) is 0 Å². The van der Waals surface area contributed by atoms with E-state index in [0.717, 1.165) is 13.2 Å². The van der Waals surface area contributed by atoms with Gasteiger partial charge in [0.15, 0.2) is 11.5 Å². The normalized spacial score (nSPS) is 11.2. The molecule has 114 valence electrons. The van der Waals surface area contributed by atoms with Gasteiger partial charge in [-0.1, -0.05) is 0 Å².